The van der Waals surface area contributed by atoms with Crippen LogP contribution in [0.25, 0.3) is 0 Å². The van der Waals surface area contributed by atoms with Gasteiger partial charge in [-0.05, 0) is 45.6 Å². The number of rotatable bonds is 7. The molecule has 1 fully saturated rings. The summed E-state index contributed by atoms with van der Waals surface area (Å²) in [5, 5.41) is 2.86. The Balaban J connectivity index is 2.11. The van der Waals surface area contributed by atoms with Crippen molar-refractivity contribution in [3.63, 3.8) is 0 Å². The molecule has 2 amide bonds. The van der Waals surface area contributed by atoms with Crippen LogP contribution in [0.2, 0.25) is 0 Å². The van der Waals surface area contributed by atoms with E-state index in [9.17, 15) is 13.2 Å². The van der Waals surface area contributed by atoms with E-state index in [1.54, 1.807) is 24.1 Å². The minimum atomic E-state index is -3.06. The number of benzene rings is 1. The van der Waals surface area contributed by atoms with Crippen molar-refractivity contribution >= 4 is 21.6 Å². The molecule has 7 nitrogen and oxygen atoms in total. The summed E-state index contributed by atoms with van der Waals surface area (Å²) in [5.41, 5.74) is 0.577. The fraction of sp³-hybridized carbons (Fsp3) is 0.588. The van der Waals surface area contributed by atoms with Gasteiger partial charge in [-0.3, -0.25) is 0 Å². The van der Waals surface area contributed by atoms with Crippen LogP contribution in [0.1, 0.15) is 12.8 Å². The standard InChI is InChI=1S/C17H27N3O4S/c1-19(2)10-6-11-20(14-9-12-25(22,23)13-14)17(21)18-15-7-4-5-8-16(15)24-3/h4-5,7-8,14H,6,9-13H2,1-3H3,(H,18,21)/t14-/m1/s1. The first-order valence-corrected chi connectivity index (χ1v) is 10.2. The maximum atomic E-state index is 12.8. The molecule has 0 radical (unpaired) electrons. The Morgan fingerprint density at radius 2 is 2.00 bits per heavy atom. The molecule has 1 saturated heterocycles. The average Bonchev–Trinajstić information content (AvgIpc) is 2.91. The van der Waals surface area contributed by atoms with Gasteiger partial charge in [-0.1, -0.05) is 12.1 Å². The Bertz CT molecular complexity index is 691. The molecule has 25 heavy (non-hydrogen) atoms. The highest BCUT2D eigenvalue weighted by molar-refractivity contribution is 7.91. The normalized spacial score (nSPS) is 19.0. The van der Waals surface area contributed by atoms with Gasteiger partial charge >= 0.3 is 6.03 Å². The molecule has 2 rings (SSSR count). The number of amides is 2. The number of urea groups is 1. The van der Waals surface area contributed by atoms with Gasteiger partial charge in [-0.15, -0.1) is 0 Å². The first kappa shape index (κ1) is 19.5. The molecular formula is C17H27N3O4S. The lowest BCUT2D eigenvalue weighted by molar-refractivity contribution is 0.190. The summed E-state index contributed by atoms with van der Waals surface area (Å²) in [7, 11) is 2.43. The quantitative estimate of drug-likeness (QED) is 0.791. The zero-order chi connectivity index (χ0) is 18.4. The van der Waals surface area contributed by atoms with E-state index in [-0.39, 0.29) is 23.6 Å². The molecule has 1 atom stereocenters. The lowest BCUT2D eigenvalue weighted by Crippen LogP contribution is -2.44. The predicted octanol–water partition coefficient (Wildman–Crippen LogP) is 1.67. The minimum Gasteiger partial charge on any atom is -0.495 e. The average molecular weight is 369 g/mol. The van der Waals surface area contributed by atoms with E-state index in [2.05, 4.69) is 5.32 Å². The number of carbonyl (C=O) groups excluding carboxylic acids is 1. The largest absolute Gasteiger partial charge is 0.495 e. The summed E-state index contributed by atoms with van der Waals surface area (Å²) in [6, 6.07) is 6.61. The SMILES string of the molecule is COc1ccccc1NC(=O)N(CCCN(C)C)[C@@H]1CCS(=O)(=O)C1. The number of para-hydroxylation sites is 2. The Labute approximate surface area is 149 Å². The van der Waals surface area contributed by atoms with Gasteiger partial charge < -0.3 is 19.9 Å². The number of hydrogen-bond acceptors (Lipinski definition) is 5. The second kappa shape index (κ2) is 8.53. The number of methoxy groups -OCH3 is 1. The third kappa shape index (κ3) is 5.61. The topological polar surface area (TPSA) is 79.0 Å². The zero-order valence-corrected chi connectivity index (χ0v) is 15.9. The summed E-state index contributed by atoms with van der Waals surface area (Å²) in [6.07, 6.45) is 1.27. The van der Waals surface area contributed by atoms with Gasteiger partial charge in [0.05, 0.1) is 24.3 Å². The van der Waals surface area contributed by atoms with Crippen molar-refractivity contribution in [3.8, 4) is 5.75 Å². The zero-order valence-electron chi connectivity index (χ0n) is 15.1. The maximum absolute atomic E-state index is 12.8. The molecule has 0 aromatic heterocycles. The molecule has 1 aliphatic heterocycles. The van der Waals surface area contributed by atoms with Gasteiger partial charge in [0, 0.05) is 12.6 Å². The fourth-order valence-corrected chi connectivity index (χ4v) is 4.69. The molecule has 0 saturated carbocycles. The van der Waals surface area contributed by atoms with E-state index in [1.165, 1.54) is 0 Å². The van der Waals surface area contributed by atoms with Crippen molar-refractivity contribution in [3.05, 3.63) is 24.3 Å². The van der Waals surface area contributed by atoms with Crippen LogP contribution in [0.5, 0.6) is 5.75 Å². The van der Waals surface area contributed by atoms with E-state index in [0.29, 0.717) is 24.4 Å². The molecular weight excluding hydrogens is 342 g/mol. The van der Waals surface area contributed by atoms with E-state index >= 15 is 0 Å². The summed E-state index contributed by atoms with van der Waals surface area (Å²) < 4.78 is 28.9. The molecule has 0 aliphatic carbocycles. The van der Waals surface area contributed by atoms with Crippen LogP contribution >= 0.6 is 0 Å². The van der Waals surface area contributed by atoms with Crippen LogP contribution in [0.4, 0.5) is 10.5 Å². The third-order valence-electron chi connectivity index (χ3n) is 4.26. The minimum absolute atomic E-state index is 0.0360. The van der Waals surface area contributed by atoms with Crippen molar-refractivity contribution in [2.24, 2.45) is 0 Å². The molecule has 1 aliphatic rings. The smallest absolute Gasteiger partial charge is 0.322 e. The third-order valence-corrected chi connectivity index (χ3v) is 6.01. The van der Waals surface area contributed by atoms with Crippen LogP contribution in [0.3, 0.4) is 0 Å². The summed E-state index contributed by atoms with van der Waals surface area (Å²) in [6.45, 7) is 1.34. The number of hydrogen-bond donors (Lipinski definition) is 1. The highest BCUT2D eigenvalue weighted by atomic mass is 32.2. The predicted molar refractivity (Wildman–Crippen MR) is 98.9 cm³/mol. The lowest BCUT2D eigenvalue weighted by Gasteiger charge is -2.29. The summed E-state index contributed by atoms with van der Waals surface area (Å²) in [4.78, 5) is 16.5. The Morgan fingerprint density at radius 3 is 2.60 bits per heavy atom. The molecule has 0 bridgehead atoms. The summed E-state index contributed by atoms with van der Waals surface area (Å²) >= 11 is 0. The highest BCUT2D eigenvalue weighted by Gasteiger charge is 2.34. The molecule has 1 N–H and O–H groups in total. The molecule has 1 heterocycles. The van der Waals surface area contributed by atoms with Gasteiger partial charge in [-0.2, -0.15) is 0 Å². The maximum Gasteiger partial charge on any atom is 0.322 e. The van der Waals surface area contributed by atoms with E-state index in [4.69, 9.17) is 4.74 Å². The highest BCUT2D eigenvalue weighted by Crippen LogP contribution is 2.25. The fourth-order valence-electron chi connectivity index (χ4n) is 2.96. The second-order valence-corrected chi connectivity index (χ2v) is 8.77. The lowest BCUT2D eigenvalue weighted by atomic mass is 10.2. The first-order chi connectivity index (χ1) is 11.8. The van der Waals surface area contributed by atoms with Gasteiger partial charge in [0.25, 0.3) is 0 Å². The van der Waals surface area contributed by atoms with Crippen molar-refractivity contribution in [2.45, 2.75) is 18.9 Å². The van der Waals surface area contributed by atoms with Crippen molar-refractivity contribution in [1.82, 2.24) is 9.80 Å². The van der Waals surface area contributed by atoms with Crippen molar-refractivity contribution in [1.29, 1.82) is 0 Å². The van der Waals surface area contributed by atoms with E-state index in [0.717, 1.165) is 13.0 Å². The monoisotopic (exact) mass is 369 g/mol. The number of nitrogens with zero attached hydrogens (tertiary/aromatic N) is 2. The Morgan fingerprint density at radius 1 is 1.28 bits per heavy atom. The van der Waals surface area contributed by atoms with Crippen molar-refractivity contribution in [2.75, 3.05) is 51.1 Å². The Kier molecular flexibility index (Phi) is 6.66. The second-order valence-electron chi connectivity index (χ2n) is 6.54. The van der Waals surface area contributed by atoms with E-state index < -0.39 is 9.84 Å². The van der Waals surface area contributed by atoms with Crippen molar-refractivity contribution < 1.29 is 17.9 Å². The molecule has 1 aromatic rings. The number of anilines is 1. The van der Waals surface area contributed by atoms with Crippen LogP contribution in [-0.2, 0) is 9.84 Å². The van der Waals surface area contributed by atoms with Crippen LogP contribution < -0.4 is 10.1 Å². The van der Waals surface area contributed by atoms with Crippen LogP contribution in [-0.4, -0.2) is 76.1 Å². The Hall–Kier alpha value is -1.80. The van der Waals surface area contributed by atoms with Gasteiger partial charge in [0.1, 0.15) is 5.75 Å². The number of carbonyl (C=O) groups is 1. The molecule has 0 spiro atoms. The summed E-state index contributed by atoms with van der Waals surface area (Å²) in [5.74, 6) is 0.751. The first-order valence-electron chi connectivity index (χ1n) is 8.38. The van der Waals surface area contributed by atoms with E-state index in [1.807, 2.05) is 31.1 Å². The van der Waals surface area contributed by atoms with Crippen LogP contribution in [0.15, 0.2) is 24.3 Å². The molecule has 0 unspecified atom stereocenters. The molecule has 8 heteroatoms. The number of sulfone groups is 1. The number of ether oxygens (including phenoxy) is 1. The molecule has 140 valence electrons. The van der Waals surface area contributed by atoms with Gasteiger partial charge in [0.2, 0.25) is 0 Å². The van der Waals surface area contributed by atoms with Gasteiger partial charge in [0.15, 0.2) is 9.84 Å². The molecule has 1 aromatic carbocycles. The van der Waals surface area contributed by atoms with Gasteiger partial charge in [-0.25, -0.2) is 13.2 Å². The number of nitrogens with one attached hydrogen (secondary N) is 1. The van der Waals surface area contributed by atoms with Crippen LogP contribution in [0, 0.1) is 0 Å².